The Bertz CT molecular complexity index is 1010. The van der Waals surface area contributed by atoms with Gasteiger partial charge in [-0.05, 0) is 0 Å². The summed E-state index contributed by atoms with van der Waals surface area (Å²) in [7, 11) is 0. The van der Waals surface area contributed by atoms with Gasteiger partial charge in [-0.2, -0.15) is 0 Å². The SMILES string of the molecule is CCCCCCC(CCCC)[CH2][Ge]1([c]2ccc(CCCC)s2)[c]2cc(C)sc2-c2sc(C)c[c]21. The van der Waals surface area contributed by atoms with Crippen molar-refractivity contribution < 1.29 is 0 Å². The standard InChI is InChI=1S/C30H44GeS3/c1-6-9-12-13-15-24(14-10-7-2)21-31(28-18-17-25(34-28)16-11-8-3)26-19-22(4)32-29(26)30-27(31)20-23(5)33-30/h17-20,24H,6-16,21H2,1-5H3. The van der Waals surface area contributed by atoms with Crippen LogP contribution in [0, 0.1) is 19.8 Å². The Morgan fingerprint density at radius 3 is 1.94 bits per heavy atom. The van der Waals surface area contributed by atoms with Gasteiger partial charge in [0.05, 0.1) is 0 Å². The van der Waals surface area contributed by atoms with E-state index in [4.69, 9.17) is 0 Å². The minimum atomic E-state index is -2.68. The number of unbranched alkanes of at least 4 members (excludes halogenated alkanes) is 5. The average Bonchev–Trinajstić information content (AvgIpc) is 3.58. The van der Waals surface area contributed by atoms with Crippen molar-refractivity contribution in [2.45, 2.75) is 111 Å². The van der Waals surface area contributed by atoms with E-state index in [1.165, 1.54) is 85.6 Å². The Kier molecular flexibility index (Phi) is 9.62. The van der Waals surface area contributed by atoms with Crippen molar-refractivity contribution >= 4 is 59.8 Å². The number of aryl methyl sites for hydroxylation is 3. The molecule has 3 aromatic rings. The zero-order chi connectivity index (χ0) is 24.1. The summed E-state index contributed by atoms with van der Waals surface area (Å²) in [5, 5.41) is 1.48. The van der Waals surface area contributed by atoms with Crippen LogP contribution < -0.4 is 12.5 Å². The van der Waals surface area contributed by atoms with Gasteiger partial charge in [-0.25, -0.2) is 0 Å². The van der Waals surface area contributed by atoms with Crippen molar-refractivity contribution in [3.63, 3.8) is 0 Å². The normalized spacial score (nSPS) is 15.0. The molecule has 0 saturated carbocycles. The first-order chi connectivity index (χ1) is 16.5. The van der Waals surface area contributed by atoms with Gasteiger partial charge in [-0.1, -0.05) is 0 Å². The van der Waals surface area contributed by atoms with Crippen LogP contribution in [0.4, 0.5) is 0 Å². The van der Waals surface area contributed by atoms with Crippen LogP contribution in [0.2, 0.25) is 5.25 Å². The molecule has 1 unspecified atom stereocenters. The van der Waals surface area contributed by atoms with Gasteiger partial charge < -0.3 is 0 Å². The van der Waals surface area contributed by atoms with Gasteiger partial charge in [-0.15, -0.1) is 0 Å². The van der Waals surface area contributed by atoms with Crippen molar-refractivity contribution in [2.75, 3.05) is 0 Å². The van der Waals surface area contributed by atoms with E-state index >= 15 is 0 Å². The third-order valence-electron chi connectivity index (χ3n) is 7.72. The molecular weight excluding hydrogens is 529 g/mol. The van der Waals surface area contributed by atoms with Crippen LogP contribution in [0.15, 0.2) is 24.3 Å². The summed E-state index contributed by atoms with van der Waals surface area (Å²) in [6.07, 6.45) is 15.1. The molecule has 4 heterocycles. The molecule has 1 aliphatic heterocycles. The van der Waals surface area contributed by atoms with E-state index in [0.29, 0.717) is 0 Å². The first kappa shape index (κ1) is 26.7. The topological polar surface area (TPSA) is 0 Å². The van der Waals surface area contributed by atoms with Crippen molar-refractivity contribution in [1.29, 1.82) is 0 Å². The second-order valence-electron chi connectivity index (χ2n) is 10.5. The van der Waals surface area contributed by atoms with Crippen molar-refractivity contribution in [3.05, 3.63) is 38.9 Å². The molecule has 0 bridgehead atoms. The molecule has 0 aromatic carbocycles. The molecule has 186 valence electrons. The molecule has 0 N–H and O–H groups in total. The molecule has 1 atom stereocenters. The molecule has 4 heteroatoms. The summed E-state index contributed by atoms with van der Waals surface area (Å²) < 4.78 is 5.45. The third kappa shape index (κ3) is 5.48. The summed E-state index contributed by atoms with van der Waals surface area (Å²) in [6.45, 7) is 11.7. The molecule has 3 aromatic heterocycles. The molecule has 0 spiro atoms. The fraction of sp³-hybridized carbons (Fsp3) is 0.600. The maximum atomic E-state index is 2.64. The minimum absolute atomic E-state index is 0.886. The zero-order valence-corrected chi connectivity index (χ0v) is 26.6. The summed E-state index contributed by atoms with van der Waals surface area (Å²) >= 11 is 3.69. The molecule has 0 fully saturated rings. The summed E-state index contributed by atoms with van der Waals surface area (Å²) in [6, 6.07) is 10.4. The Labute approximate surface area is 223 Å². The van der Waals surface area contributed by atoms with Crippen LogP contribution in [0.25, 0.3) is 9.75 Å². The molecule has 1 aliphatic rings. The maximum absolute atomic E-state index is 2.68. The van der Waals surface area contributed by atoms with Crippen LogP contribution in [-0.4, -0.2) is 13.3 Å². The number of hydrogen-bond acceptors (Lipinski definition) is 3. The Morgan fingerprint density at radius 1 is 0.706 bits per heavy atom. The van der Waals surface area contributed by atoms with Crippen molar-refractivity contribution in [2.24, 2.45) is 5.92 Å². The van der Waals surface area contributed by atoms with E-state index in [1.54, 1.807) is 18.3 Å². The van der Waals surface area contributed by atoms with Crippen LogP contribution in [0.5, 0.6) is 0 Å². The van der Waals surface area contributed by atoms with E-state index in [1.807, 2.05) is 8.79 Å². The fourth-order valence-electron chi connectivity index (χ4n) is 5.96. The number of hydrogen-bond donors (Lipinski definition) is 0. The van der Waals surface area contributed by atoms with E-state index in [0.717, 1.165) is 5.92 Å². The molecule has 0 radical (unpaired) electrons. The fourth-order valence-corrected chi connectivity index (χ4v) is 26.3. The molecule has 34 heavy (non-hydrogen) atoms. The quantitative estimate of drug-likeness (QED) is 0.133. The van der Waals surface area contributed by atoms with Gasteiger partial charge in [0.15, 0.2) is 0 Å². The van der Waals surface area contributed by atoms with Crippen LogP contribution >= 0.6 is 34.0 Å². The number of fused-ring (bicyclic) bond motifs is 3. The predicted octanol–water partition coefficient (Wildman–Crippen LogP) is 9.06. The first-order valence-corrected chi connectivity index (χ1v) is 20.9. The van der Waals surface area contributed by atoms with E-state index in [9.17, 15) is 0 Å². The predicted molar refractivity (Wildman–Crippen MR) is 161 cm³/mol. The van der Waals surface area contributed by atoms with E-state index < -0.39 is 13.3 Å². The van der Waals surface area contributed by atoms with Gasteiger partial charge in [0.25, 0.3) is 0 Å². The molecular formula is C30H44GeS3. The molecule has 0 nitrogen and oxygen atoms in total. The van der Waals surface area contributed by atoms with Crippen LogP contribution in [0.1, 0.15) is 99.6 Å². The van der Waals surface area contributed by atoms with Crippen LogP contribution in [0.3, 0.4) is 0 Å². The molecule has 0 amide bonds. The van der Waals surface area contributed by atoms with E-state index in [2.05, 4.69) is 92.9 Å². The number of thiophene rings is 3. The molecule has 4 rings (SSSR count). The summed E-state index contributed by atoms with van der Waals surface area (Å²) in [4.78, 5) is 7.99. The summed E-state index contributed by atoms with van der Waals surface area (Å²) in [5.41, 5.74) is 0. The van der Waals surface area contributed by atoms with Gasteiger partial charge in [0.1, 0.15) is 0 Å². The molecule has 0 saturated heterocycles. The summed E-state index contributed by atoms with van der Waals surface area (Å²) in [5.74, 6) is 0.886. The number of rotatable bonds is 14. The van der Waals surface area contributed by atoms with Gasteiger partial charge in [0, 0.05) is 0 Å². The van der Waals surface area contributed by atoms with Gasteiger partial charge in [-0.3, -0.25) is 0 Å². The van der Waals surface area contributed by atoms with Crippen molar-refractivity contribution in [1.82, 2.24) is 0 Å². The Hall–Kier alpha value is -0.357. The third-order valence-corrected chi connectivity index (χ3v) is 24.3. The molecule has 0 aliphatic carbocycles. The monoisotopic (exact) mass is 574 g/mol. The van der Waals surface area contributed by atoms with E-state index in [-0.39, 0.29) is 0 Å². The Balaban J connectivity index is 1.78. The van der Waals surface area contributed by atoms with Gasteiger partial charge >= 0.3 is 225 Å². The first-order valence-electron chi connectivity index (χ1n) is 13.8. The second-order valence-corrected chi connectivity index (χ2v) is 23.0. The average molecular weight is 573 g/mol. The van der Waals surface area contributed by atoms with Crippen LogP contribution in [-0.2, 0) is 6.42 Å². The zero-order valence-electron chi connectivity index (χ0n) is 22.1. The Morgan fingerprint density at radius 2 is 1.32 bits per heavy atom. The van der Waals surface area contributed by atoms with Crippen molar-refractivity contribution in [3.8, 4) is 9.75 Å². The second kappa shape index (κ2) is 12.3. The van der Waals surface area contributed by atoms with Gasteiger partial charge in [0.2, 0.25) is 0 Å².